The van der Waals surface area contributed by atoms with Gasteiger partial charge in [0.15, 0.2) is 0 Å². The fourth-order valence-electron chi connectivity index (χ4n) is 1.49. The van der Waals surface area contributed by atoms with E-state index in [1.165, 1.54) is 0 Å². The lowest BCUT2D eigenvalue weighted by Gasteiger charge is -2.29. The normalized spacial score (nSPS) is 23.9. The van der Waals surface area contributed by atoms with Crippen LogP contribution in [-0.2, 0) is 4.74 Å². The lowest BCUT2D eigenvalue weighted by atomic mass is 10.3. The highest BCUT2D eigenvalue weighted by molar-refractivity contribution is 5.79. The van der Waals surface area contributed by atoms with Crippen LogP contribution in [0.1, 0.15) is 6.92 Å². The van der Waals surface area contributed by atoms with Crippen LogP contribution >= 0.6 is 0 Å². The van der Waals surface area contributed by atoms with E-state index in [4.69, 9.17) is 10.6 Å². The maximum atomic E-state index is 5.58. The minimum Gasteiger partial charge on any atom is -0.374 e. The van der Waals surface area contributed by atoms with Crippen molar-refractivity contribution >= 4 is 5.96 Å². The summed E-state index contributed by atoms with van der Waals surface area (Å²) in [6, 6.07) is 0. The number of nitrogens with zero attached hydrogens (tertiary/aromatic N) is 2. The fourth-order valence-corrected chi connectivity index (χ4v) is 1.49. The molecule has 0 saturated carbocycles. The molecule has 0 aromatic carbocycles. The molecule has 4 N–H and O–H groups in total. The smallest absolute Gasteiger partial charge is 0.205 e. The molecule has 1 atom stereocenters. The maximum Gasteiger partial charge on any atom is 0.205 e. The van der Waals surface area contributed by atoms with Crippen molar-refractivity contribution in [2.75, 3.05) is 39.8 Å². The van der Waals surface area contributed by atoms with E-state index < -0.39 is 0 Å². The molecule has 1 heterocycles. The molecule has 0 aromatic rings. The zero-order valence-corrected chi connectivity index (χ0v) is 9.49. The minimum atomic E-state index is 0.172. The average molecular weight is 215 g/mol. The Hall–Kier alpha value is -0.850. The van der Waals surface area contributed by atoms with Crippen LogP contribution in [-0.4, -0.2) is 56.8 Å². The molecule has 1 rings (SSSR count). The molecule has 88 valence electrons. The number of ether oxygens (including phenoxy) is 1. The first-order chi connectivity index (χ1) is 7.26. The Morgan fingerprint density at radius 2 is 2.47 bits per heavy atom. The highest BCUT2D eigenvalue weighted by Gasteiger charge is 2.16. The van der Waals surface area contributed by atoms with E-state index >= 15 is 0 Å². The number of rotatable bonds is 3. The highest BCUT2D eigenvalue weighted by atomic mass is 16.5. The Bertz CT molecular complexity index is 209. The molecule has 1 fully saturated rings. The van der Waals surface area contributed by atoms with E-state index in [0.29, 0.717) is 12.5 Å². The van der Waals surface area contributed by atoms with Gasteiger partial charge in [-0.05, 0) is 14.0 Å². The van der Waals surface area contributed by atoms with E-state index in [2.05, 4.69) is 27.7 Å². The van der Waals surface area contributed by atoms with Crippen molar-refractivity contribution in [3.63, 3.8) is 0 Å². The summed E-state index contributed by atoms with van der Waals surface area (Å²) in [5, 5.41) is 3.03. The first-order valence-electron chi connectivity index (χ1n) is 5.31. The SMILES string of the molecule is CCNC(=NCC1CN(C)CCO1)NN. The third kappa shape index (κ3) is 4.46. The Balaban J connectivity index is 2.32. The quantitative estimate of drug-likeness (QED) is 0.237. The number of nitrogens with one attached hydrogen (secondary N) is 2. The van der Waals surface area contributed by atoms with Gasteiger partial charge < -0.3 is 15.0 Å². The molecule has 0 amide bonds. The number of hydrazine groups is 1. The van der Waals surface area contributed by atoms with E-state index in [1.807, 2.05) is 6.92 Å². The fraction of sp³-hybridized carbons (Fsp3) is 0.889. The van der Waals surface area contributed by atoms with E-state index in [1.54, 1.807) is 0 Å². The van der Waals surface area contributed by atoms with Gasteiger partial charge >= 0.3 is 0 Å². The first-order valence-corrected chi connectivity index (χ1v) is 5.31. The molecule has 0 aromatic heterocycles. The van der Waals surface area contributed by atoms with Crippen molar-refractivity contribution in [3.05, 3.63) is 0 Å². The summed E-state index contributed by atoms with van der Waals surface area (Å²) in [5.74, 6) is 5.93. The van der Waals surface area contributed by atoms with Crippen molar-refractivity contribution in [1.82, 2.24) is 15.6 Å². The van der Waals surface area contributed by atoms with Crippen LogP contribution in [0.3, 0.4) is 0 Å². The Morgan fingerprint density at radius 3 is 3.07 bits per heavy atom. The number of aliphatic imine (C=N–C) groups is 1. The van der Waals surface area contributed by atoms with Crippen LogP contribution in [0, 0.1) is 0 Å². The van der Waals surface area contributed by atoms with Gasteiger partial charge in [-0.3, -0.25) is 5.43 Å². The zero-order chi connectivity index (χ0) is 11.1. The van der Waals surface area contributed by atoms with Gasteiger partial charge in [0.1, 0.15) is 0 Å². The molecule has 6 nitrogen and oxygen atoms in total. The standard InChI is InChI=1S/C9H21N5O/c1-3-11-9(13-10)12-6-8-7-14(2)4-5-15-8/h8H,3-7,10H2,1-2H3,(H2,11,12,13). The van der Waals surface area contributed by atoms with E-state index in [-0.39, 0.29) is 6.10 Å². The van der Waals surface area contributed by atoms with Gasteiger partial charge in [-0.15, -0.1) is 0 Å². The Labute approximate surface area is 90.8 Å². The van der Waals surface area contributed by atoms with Gasteiger partial charge in [0.05, 0.1) is 19.3 Å². The van der Waals surface area contributed by atoms with Crippen LogP contribution in [0.2, 0.25) is 0 Å². The van der Waals surface area contributed by atoms with E-state index in [0.717, 1.165) is 26.2 Å². The third-order valence-corrected chi connectivity index (χ3v) is 2.28. The topological polar surface area (TPSA) is 74.9 Å². The molecule has 6 heteroatoms. The molecule has 1 unspecified atom stereocenters. The summed E-state index contributed by atoms with van der Waals surface area (Å²) in [5.41, 5.74) is 2.52. The van der Waals surface area contributed by atoms with Crippen LogP contribution < -0.4 is 16.6 Å². The molecule has 0 spiro atoms. The van der Waals surface area contributed by atoms with Crippen LogP contribution in [0.4, 0.5) is 0 Å². The van der Waals surface area contributed by atoms with E-state index in [9.17, 15) is 0 Å². The molecule has 0 aliphatic carbocycles. The first kappa shape index (κ1) is 12.2. The number of likely N-dealkylation sites (N-methyl/N-ethyl adjacent to an activating group) is 1. The lowest BCUT2D eigenvalue weighted by Crippen LogP contribution is -2.44. The minimum absolute atomic E-state index is 0.172. The van der Waals surface area contributed by atoms with Gasteiger partial charge in [0.25, 0.3) is 0 Å². The van der Waals surface area contributed by atoms with Crippen molar-refractivity contribution in [2.24, 2.45) is 10.8 Å². The predicted octanol–water partition coefficient (Wildman–Crippen LogP) is -1.25. The Morgan fingerprint density at radius 1 is 1.67 bits per heavy atom. The molecule has 1 aliphatic heterocycles. The second-order valence-corrected chi connectivity index (χ2v) is 3.62. The average Bonchev–Trinajstić information content (AvgIpc) is 2.24. The summed E-state index contributed by atoms with van der Waals surface area (Å²) in [6.07, 6.45) is 0.172. The van der Waals surface area contributed by atoms with Gasteiger partial charge in [-0.2, -0.15) is 0 Å². The zero-order valence-electron chi connectivity index (χ0n) is 9.49. The number of hydrogen-bond donors (Lipinski definition) is 3. The maximum absolute atomic E-state index is 5.58. The number of nitrogens with two attached hydrogens (primary N) is 1. The van der Waals surface area contributed by atoms with Crippen LogP contribution in [0.5, 0.6) is 0 Å². The monoisotopic (exact) mass is 215 g/mol. The second kappa shape index (κ2) is 6.60. The number of hydrogen-bond acceptors (Lipinski definition) is 4. The molecular weight excluding hydrogens is 194 g/mol. The molecule has 0 radical (unpaired) electrons. The summed E-state index contributed by atoms with van der Waals surface area (Å²) in [7, 11) is 2.09. The predicted molar refractivity (Wildman–Crippen MR) is 60.5 cm³/mol. The summed E-state index contributed by atoms with van der Waals surface area (Å²) in [4.78, 5) is 6.55. The molecule has 0 bridgehead atoms. The van der Waals surface area contributed by atoms with Crippen LogP contribution in [0.15, 0.2) is 4.99 Å². The van der Waals surface area contributed by atoms with Gasteiger partial charge in [0, 0.05) is 19.6 Å². The lowest BCUT2D eigenvalue weighted by molar-refractivity contribution is -0.0136. The number of guanidine groups is 1. The molecular formula is C9H21N5O. The molecule has 15 heavy (non-hydrogen) atoms. The summed E-state index contributed by atoms with van der Waals surface area (Å²) >= 11 is 0. The van der Waals surface area contributed by atoms with Crippen molar-refractivity contribution in [3.8, 4) is 0 Å². The summed E-state index contributed by atoms with van der Waals surface area (Å²) < 4.78 is 5.58. The molecule has 1 saturated heterocycles. The third-order valence-electron chi connectivity index (χ3n) is 2.28. The summed E-state index contributed by atoms with van der Waals surface area (Å²) in [6.45, 7) is 6.13. The van der Waals surface area contributed by atoms with Gasteiger partial charge in [0.2, 0.25) is 5.96 Å². The number of morpholine rings is 1. The van der Waals surface area contributed by atoms with Crippen molar-refractivity contribution in [2.45, 2.75) is 13.0 Å². The molecule has 1 aliphatic rings. The van der Waals surface area contributed by atoms with Crippen molar-refractivity contribution in [1.29, 1.82) is 0 Å². The van der Waals surface area contributed by atoms with Gasteiger partial charge in [-0.1, -0.05) is 0 Å². The van der Waals surface area contributed by atoms with Crippen LogP contribution in [0.25, 0.3) is 0 Å². The Kier molecular flexibility index (Phi) is 5.38. The largest absolute Gasteiger partial charge is 0.374 e. The second-order valence-electron chi connectivity index (χ2n) is 3.62. The van der Waals surface area contributed by atoms with Gasteiger partial charge in [-0.25, -0.2) is 10.8 Å². The highest BCUT2D eigenvalue weighted by Crippen LogP contribution is 2.02. The van der Waals surface area contributed by atoms with Crippen molar-refractivity contribution < 1.29 is 4.74 Å².